The summed E-state index contributed by atoms with van der Waals surface area (Å²) in [5.41, 5.74) is 2.01. The van der Waals surface area contributed by atoms with Crippen LogP contribution in [0, 0.1) is 6.92 Å². The second-order valence-electron chi connectivity index (χ2n) is 6.25. The second kappa shape index (κ2) is 9.75. The first-order chi connectivity index (χ1) is 14.0. The Morgan fingerprint density at radius 3 is 2.48 bits per heavy atom. The highest BCUT2D eigenvalue weighted by atomic mass is 35.5. The number of nitrogens with one attached hydrogen (secondary N) is 3. The molecule has 0 saturated carbocycles. The van der Waals surface area contributed by atoms with Gasteiger partial charge in [0, 0.05) is 17.4 Å². The maximum absolute atomic E-state index is 12.1. The normalized spacial score (nSPS) is 10.3. The van der Waals surface area contributed by atoms with Crippen molar-refractivity contribution in [2.45, 2.75) is 20.3 Å². The minimum atomic E-state index is -0.372. The monoisotopic (exact) mass is 411 g/mol. The molecular weight excluding hydrogens is 390 g/mol. The molecule has 0 aliphatic rings. The zero-order valence-electron chi connectivity index (χ0n) is 16.2. The lowest BCUT2D eigenvalue weighted by atomic mass is 10.2. The summed E-state index contributed by atoms with van der Waals surface area (Å²) in [6.45, 7) is 4.46. The number of benzene rings is 2. The van der Waals surface area contributed by atoms with Gasteiger partial charge in [-0.25, -0.2) is 9.78 Å². The van der Waals surface area contributed by atoms with Crippen LogP contribution in [0.25, 0.3) is 0 Å². The fourth-order valence-electron chi connectivity index (χ4n) is 2.52. The molecule has 3 N–H and O–H groups in total. The van der Waals surface area contributed by atoms with Gasteiger partial charge in [-0.1, -0.05) is 30.7 Å². The number of hydrogen-bond acceptors (Lipinski definition) is 5. The summed E-state index contributed by atoms with van der Waals surface area (Å²) in [4.78, 5) is 20.8. The lowest BCUT2D eigenvalue weighted by Gasteiger charge is -2.11. The molecule has 1 aromatic heterocycles. The first-order valence-electron chi connectivity index (χ1n) is 9.21. The van der Waals surface area contributed by atoms with Crippen LogP contribution >= 0.6 is 11.6 Å². The Kier molecular flexibility index (Phi) is 6.86. The topological polar surface area (TPSA) is 88.2 Å². The highest BCUT2D eigenvalue weighted by Crippen LogP contribution is 2.22. The van der Waals surface area contributed by atoms with Crippen molar-refractivity contribution < 1.29 is 9.53 Å². The van der Waals surface area contributed by atoms with Crippen LogP contribution in [0.5, 0.6) is 5.88 Å². The summed E-state index contributed by atoms with van der Waals surface area (Å²) < 4.78 is 5.58. The summed E-state index contributed by atoms with van der Waals surface area (Å²) in [7, 11) is 0. The van der Waals surface area contributed by atoms with Crippen molar-refractivity contribution in [1.82, 2.24) is 9.97 Å². The third kappa shape index (κ3) is 6.08. The van der Waals surface area contributed by atoms with E-state index in [9.17, 15) is 4.79 Å². The summed E-state index contributed by atoms with van der Waals surface area (Å²) in [6.07, 6.45) is 0.907. The molecule has 7 nitrogen and oxygen atoms in total. The molecule has 0 saturated heterocycles. The van der Waals surface area contributed by atoms with Gasteiger partial charge in [-0.2, -0.15) is 4.98 Å². The Morgan fingerprint density at radius 1 is 1.03 bits per heavy atom. The van der Waals surface area contributed by atoms with E-state index in [4.69, 9.17) is 16.3 Å². The third-order valence-electron chi connectivity index (χ3n) is 3.81. The Labute approximate surface area is 174 Å². The van der Waals surface area contributed by atoms with E-state index in [1.807, 2.05) is 26.0 Å². The Bertz CT molecular complexity index is 979. The molecule has 0 bridgehead atoms. The number of anilines is 4. The van der Waals surface area contributed by atoms with Crippen molar-refractivity contribution in [3.8, 4) is 5.88 Å². The van der Waals surface area contributed by atoms with Gasteiger partial charge in [0.2, 0.25) is 5.88 Å². The van der Waals surface area contributed by atoms with Crippen LogP contribution in [-0.4, -0.2) is 22.6 Å². The third-order valence-corrected chi connectivity index (χ3v) is 4.14. The van der Waals surface area contributed by atoms with Crippen LogP contribution in [0.3, 0.4) is 0 Å². The predicted octanol–water partition coefficient (Wildman–Crippen LogP) is 5.61. The number of carbonyl (C=O) groups excluding carboxylic acids is 1. The zero-order valence-corrected chi connectivity index (χ0v) is 17.0. The number of aromatic nitrogens is 2. The van der Waals surface area contributed by atoms with Crippen LogP contribution in [0.1, 0.15) is 19.2 Å². The first-order valence-corrected chi connectivity index (χ1v) is 9.59. The SMILES string of the molecule is CCCOc1cc(Nc2ccc(NC(=O)Nc3ccccc3Cl)cc2)nc(C)n1. The molecule has 2 aromatic carbocycles. The van der Waals surface area contributed by atoms with Gasteiger partial charge in [-0.15, -0.1) is 0 Å². The van der Waals surface area contributed by atoms with E-state index in [0.29, 0.717) is 40.5 Å². The van der Waals surface area contributed by atoms with Gasteiger partial charge < -0.3 is 20.7 Å². The molecule has 0 spiro atoms. The molecule has 8 heteroatoms. The van der Waals surface area contributed by atoms with Crippen molar-refractivity contribution in [3.05, 3.63) is 65.4 Å². The smallest absolute Gasteiger partial charge is 0.323 e. The number of nitrogens with zero attached hydrogens (tertiary/aromatic N) is 2. The molecule has 3 rings (SSSR count). The molecule has 29 heavy (non-hydrogen) atoms. The molecule has 0 aliphatic carbocycles. The van der Waals surface area contributed by atoms with Crippen LogP contribution in [0.15, 0.2) is 54.6 Å². The molecule has 0 radical (unpaired) electrons. The number of urea groups is 1. The van der Waals surface area contributed by atoms with Crippen molar-refractivity contribution in [2.24, 2.45) is 0 Å². The van der Waals surface area contributed by atoms with E-state index in [2.05, 4.69) is 25.9 Å². The summed E-state index contributed by atoms with van der Waals surface area (Å²) >= 11 is 6.05. The second-order valence-corrected chi connectivity index (χ2v) is 6.66. The van der Waals surface area contributed by atoms with E-state index in [-0.39, 0.29) is 6.03 Å². The Balaban J connectivity index is 1.61. The average Bonchev–Trinajstić information content (AvgIpc) is 2.69. The van der Waals surface area contributed by atoms with Gasteiger partial charge in [0.05, 0.1) is 17.3 Å². The predicted molar refractivity (Wildman–Crippen MR) is 116 cm³/mol. The maximum atomic E-state index is 12.1. The van der Waals surface area contributed by atoms with Crippen molar-refractivity contribution in [1.29, 1.82) is 0 Å². The van der Waals surface area contributed by atoms with Crippen LogP contribution in [-0.2, 0) is 0 Å². The molecule has 150 valence electrons. The number of amides is 2. The van der Waals surface area contributed by atoms with Crippen LogP contribution in [0.4, 0.5) is 27.7 Å². The van der Waals surface area contributed by atoms with E-state index >= 15 is 0 Å². The highest BCUT2D eigenvalue weighted by Gasteiger charge is 2.07. The van der Waals surface area contributed by atoms with Gasteiger partial charge >= 0.3 is 6.03 Å². The lowest BCUT2D eigenvalue weighted by Crippen LogP contribution is -2.19. The first kappa shape index (κ1) is 20.4. The van der Waals surface area contributed by atoms with Crippen LogP contribution in [0.2, 0.25) is 5.02 Å². The van der Waals surface area contributed by atoms with Gasteiger partial charge in [0.1, 0.15) is 11.6 Å². The van der Waals surface area contributed by atoms with E-state index in [0.717, 1.165) is 12.1 Å². The van der Waals surface area contributed by atoms with Gasteiger partial charge in [-0.3, -0.25) is 0 Å². The molecule has 2 amide bonds. The zero-order chi connectivity index (χ0) is 20.6. The minimum absolute atomic E-state index is 0.372. The molecule has 1 heterocycles. The molecule has 0 unspecified atom stereocenters. The maximum Gasteiger partial charge on any atom is 0.323 e. The van der Waals surface area contributed by atoms with Gasteiger partial charge in [0.15, 0.2) is 0 Å². The Morgan fingerprint density at radius 2 is 1.76 bits per heavy atom. The van der Waals surface area contributed by atoms with Crippen molar-refractivity contribution >= 4 is 40.5 Å². The largest absolute Gasteiger partial charge is 0.478 e. The highest BCUT2D eigenvalue weighted by molar-refractivity contribution is 6.33. The quantitative estimate of drug-likeness (QED) is 0.470. The van der Waals surface area contributed by atoms with Gasteiger partial charge in [0.25, 0.3) is 0 Å². The fourth-order valence-corrected chi connectivity index (χ4v) is 2.70. The number of ether oxygens (including phenoxy) is 1. The number of para-hydroxylation sites is 1. The van der Waals surface area contributed by atoms with Crippen LogP contribution < -0.4 is 20.7 Å². The van der Waals surface area contributed by atoms with Crippen molar-refractivity contribution in [2.75, 3.05) is 22.6 Å². The average molecular weight is 412 g/mol. The molecular formula is C21H22ClN5O2. The summed E-state index contributed by atoms with van der Waals surface area (Å²) in [5.74, 6) is 1.80. The number of halogens is 1. The standard InChI is InChI=1S/C21H22ClN5O2/c1-3-12-29-20-13-19(23-14(2)24-20)25-15-8-10-16(11-9-15)26-21(28)27-18-7-5-4-6-17(18)22/h4-11,13H,3,12H2,1-2H3,(H,23,24,25)(H2,26,27,28). The van der Waals surface area contributed by atoms with E-state index in [1.54, 1.807) is 42.5 Å². The number of rotatable bonds is 7. The fraction of sp³-hybridized carbons (Fsp3) is 0.190. The van der Waals surface area contributed by atoms with E-state index < -0.39 is 0 Å². The summed E-state index contributed by atoms with van der Waals surface area (Å²) in [5, 5.41) is 9.17. The number of aryl methyl sites for hydroxylation is 1. The molecule has 0 fully saturated rings. The molecule has 0 aliphatic heterocycles. The molecule has 3 aromatic rings. The lowest BCUT2D eigenvalue weighted by molar-refractivity contribution is 0.262. The Hall–Kier alpha value is -3.32. The molecule has 0 atom stereocenters. The van der Waals surface area contributed by atoms with Crippen molar-refractivity contribution in [3.63, 3.8) is 0 Å². The van der Waals surface area contributed by atoms with E-state index in [1.165, 1.54) is 0 Å². The summed E-state index contributed by atoms with van der Waals surface area (Å²) in [6, 6.07) is 15.7. The number of hydrogen-bond donors (Lipinski definition) is 3. The number of carbonyl (C=O) groups is 1. The van der Waals surface area contributed by atoms with Gasteiger partial charge in [-0.05, 0) is 49.7 Å². The minimum Gasteiger partial charge on any atom is -0.478 e.